The monoisotopic (exact) mass is 274 g/mol. The van der Waals surface area contributed by atoms with Crippen molar-refractivity contribution in [1.29, 1.82) is 0 Å². The zero-order valence-corrected chi connectivity index (χ0v) is 11.3. The van der Waals surface area contributed by atoms with E-state index in [2.05, 4.69) is 0 Å². The van der Waals surface area contributed by atoms with Gasteiger partial charge in [-0.1, -0.05) is 24.3 Å². The van der Waals surface area contributed by atoms with Gasteiger partial charge in [0, 0.05) is 5.39 Å². The van der Waals surface area contributed by atoms with Crippen LogP contribution in [0.3, 0.4) is 0 Å². The number of hydrogen-bond donors (Lipinski definition) is 0. The maximum Gasteiger partial charge on any atom is 0.344 e. The van der Waals surface area contributed by atoms with Gasteiger partial charge in [-0.05, 0) is 23.8 Å². The van der Waals surface area contributed by atoms with E-state index in [1.54, 1.807) is 29.2 Å². The number of thioether (sulfide) groups is 1. The Balaban J connectivity index is 2.43. The van der Waals surface area contributed by atoms with Crippen molar-refractivity contribution in [2.24, 2.45) is 0 Å². The highest BCUT2D eigenvalue weighted by molar-refractivity contribution is 7.99. The van der Waals surface area contributed by atoms with Gasteiger partial charge < -0.3 is 4.42 Å². The molecule has 3 rings (SSSR count). The second-order valence-electron chi connectivity index (χ2n) is 3.77. The van der Waals surface area contributed by atoms with E-state index < -0.39 is 0 Å². The van der Waals surface area contributed by atoms with Crippen LogP contribution in [0.25, 0.3) is 21.4 Å². The van der Waals surface area contributed by atoms with E-state index in [1.165, 1.54) is 0 Å². The second kappa shape index (κ2) is 4.63. The van der Waals surface area contributed by atoms with Crippen LogP contribution in [0.1, 0.15) is 0 Å². The van der Waals surface area contributed by atoms with Crippen LogP contribution in [0.15, 0.2) is 55.9 Å². The molecule has 2 aromatic heterocycles. The maximum atomic E-state index is 12.0. The molecular weight excluding hydrogens is 264 g/mol. The topological polar surface area (TPSA) is 30.2 Å². The smallest absolute Gasteiger partial charge is 0.344 e. The fourth-order valence-corrected chi connectivity index (χ4v) is 3.46. The highest BCUT2D eigenvalue weighted by Gasteiger charge is 2.14. The number of benzene rings is 1. The van der Waals surface area contributed by atoms with Crippen LogP contribution in [-0.4, -0.2) is 6.26 Å². The van der Waals surface area contributed by atoms with Gasteiger partial charge in [0.1, 0.15) is 0 Å². The summed E-state index contributed by atoms with van der Waals surface area (Å²) in [5, 5.41) is 3.58. The van der Waals surface area contributed by atoms with Gasteiger partial charge in [-0.3, -0.25) is 0 Å². The Kier molecular flexibility index (Phi) is 2.97. The molecule has 0 spiro atoms. The lowest BCUT2D eigenvalue weighted by atomic mass is 10.1. The minimum atomic E-state index is -0.271. The lowest BCUT2D eigenvalue weighted by Gasteiger charge is -2.07. The lowest BCUT2D eigenvalue weighted by molar-refractivity contribution is 0.526. The standard InChI is InChI=1S/C14H10O2S2/c1-17-13-9-5-2-3-6-10(9)14(15)16-12(13)11-7-4-8-18-11/h2-8H,1H3. The number of thiophene rings is 1. The molecule has 0 aliphatic carbocycles. The van der Waals surface area contributed by atoms with E-state index in [0.717, 1.165) is 15.2 Å². The van der Waals surface area contributed by atoms with Crippen LogP contribution >= 0.6 is 23.1 Å². The first kappa shape index (κ1) is 11.6. The van der Waals surface area contributed by atoms with Gasteiger partial charge in [0.05, 0.1) is 15.2 Å². The molecule has 1 aromatic carbocycles. The van der Waals surface area contributed by atoms with Crippen LogP contribution in [0, 0.1) is 0 Å². The summed E-state index contributed by atoms with van der Waals surface area (Å²) in [6.07, 6.45) is 2.00. The number of fused-ring (bicyclic) bond motifs is 1. The quantitative estimate of drug-likeness (QED) is 0.655. The molecule has 18 heavy (non-hydrogen) atoms. The first-order valence-electron chi connectivity index (χ1n) is 5.45. The Morgan fingerprint density at radius 1 is 1.11 bits per heavy atom. The van der Waals surface area contributed by atoms with Crippen molar-refractivity contribution in [2.75, 3.05) is 6.26 Å². The van der Waals surface area contributed by atoms with Crippen LogP contribution in [0.2, 0.25) is 0 Å². The Morgan fingerprint density at radius 3 is 2.56 bits per heavy atom. The molecule has 0 radical (unpaired) electrons. The summed E-state index contributed by atoms with van der Waals surface area (Å²) < 4.78 is 5.49. The third-order valence-corrected chi connectivity index (χ3v) is 4.42. The molecule has 2 nitrogen and oxygen atoms in total. The third kappa shape index (κ3) is 1.78. The SMILES string of the molecule is CSc1c(-c2cccs2)oc(=O)c2ccccc12. The molecule has 0 saturated heterocycles. The molecule has 4 heteroatoms. The van der Waals surface area contributed by atoms with E-state index in [9.17, 15) is 4.79 Å². The van der Waals surface area contributed by atoms with Crippen molar-refractivity contribution in [2.45, 2.75) is 4.90 Å². The molecule has 3 aromatic rings. The zero-order valence-electron chi connectivity index (χ0n) is 9.67. The molecule has 0 saturated carbocycles. The van der Waals surface area contributed by atoms with Gasteiger partial charge in [0.2, 0.25) is 0 Å². The number of rotatable bonds is 2. The summed E-state index contributed by atoms with van der Waals surface area (Å²) in [7, 11) is 0. The molecule has 0 fully saturated rings. The molecule has 90 valence electrons. The van der Waals surface area contributed by atoms with Gasteiger partial charge in [-0.25, -0.2) is 4.79 Å². The largest absolute Gasteiger partial charge is 0.420 e. The highest BCUT2D eigenvalue weighted by Crippen LogP contribution is 2.36. The number of hydrogen-bond acceptors (Lipinski definition) is 4. The lowest BCUT2D eigenvalue weighted by Crippen LogP contribution is -2.01. The van der Waals surface area contributed by atoms with E-state index in [4.69, 9.17) is 4.42 Å². The molecule has 0 aliphatic rings. The van der Waals surface area contributed by atoms with Crippen molar-refractivity contribution in [1.82, 2.24) is 0 Å². The predicted molar refractivity (Wildman–Crippen MR) is 77.6 cm³/mol. The van der Waals surface area contributed by atoms with Gasteiger partial charge in [0.25, 0.3) is 0 Å². The van der Waals surface area contributed by atoms with Crippen LogP contribution in [-0.2, 0) is 0 Å². The Bertz CT molecular complexity index is 742. The highest BCUT2D eigenvalue weighted by atomic mass is 32.2. The van der Waals surface area contributed by atoms with E-state index in [1.807, 2.05) is 42.0 Å². The average molecular weight is 274 g/mol. The Morgan fingerprint density at radius 2 is 1.89 bits per heavy atom. The molecule has 0 amide bonds. The van der Waals surface area contributed by atoms with Crippen LogP contribution < -0.4 is 5.63 Å². The Hall–Kier alpha value is -1.52. The normalized spacial score (nSPS) is 10.9. The summed E-state index contributed by atoms with van der Waals surface area (Å²) in [6.45, 7) is 0. The molecular formula is C14H10O2S2. The fourth-order valence-electron chi connectivity index (χ4n) is 1.95. The van der Waals surface area contributed by atoms with Crippen molar-refractivity contribution in [3.8, 4) is 10.6 Å². The summed E-state index contributed by atoms with van der Waals surface area (Å²) in [4.78, 5) is 14.0. The van der Waals surface area contributed by atoms with E-state index in [-0.39, 0.29) is 5.63 Å². The predicted octanol–water partition coefficient (Wildman–Crippen LogP) is 4.24. The van der Waals surface area contributed by atoms with Crippen LogP contribution in [0.4, 0.5) is 0 Å². The summed E-state index contributed by atoms with van der Waals surface area (Å²) in [5.74, 6) is 0.682. The zero-order chi connectivity index (χ0) is 12.5. The van der Waals surface area contributed by atoms with Gasteiger partial charge >= 0.3 is 5.63 Å². The summed E-state index contributed by atoms with van der Waals surface area (Å²) in [6, 6.07) is 11.5. The minimum absolute atomic E-state index is 0.271. The van der Waals surface area contributed by atoms with Gasteiger partial charge in [0.15, 0.2) is 5.76 Å². The third-order valence-electron chi connectivity index (χ3n) is 2.74. The second-order valence-corrected chi connectivity index (χ2v) is 5.54. The van der Waals surface area contributed by atoms with Gasteiger partial charge in [-0.2, -0.15) is 0 Å². The molecule has 0 aliphatic heterocycles. The first-order valence-corrected chi connectivity index (χ1v) is 7.55. The average Bonchev–Trinajstić information content (AvgIpc) is 2.92. The first-order chi connectivity index (χ1) is 8.81. The molecule has 0 N–H and O–H groups in total. The van der Waals surface area contributed by atoms with E-state index in [0.29, 0.717) is 11.1 Å². The minimum Gasteiger partial charge on any atom is -0.420 e. The Labute approximate surface area is 112 Å². The van der Waals surface area contributed by atoms with Crippen molar-refractivity contribution >= 4 is 33.9 Å². The van der Waals surface area contributed by atoms with Crippen molar-refractivity contribution < 1.29 is 4.42 Å². The molecule has 0 unspecified atom stereocenters. The van der Waals surface area contributed by atoms with Gasteiger partial charge in [-0.15, -0.1) is 23.1 Å². The summed E-state index contributed by atoms with van der Waals surface area (Å²) in [5.41, 5.74) is -0.271. The fraction of sp³-hybridized carbons (Fsp3) is 0.0714. The van der Waals surface area contributed by atoms with E-state index >= 15 is 0 Å². The molecule has 0 atom stereocenters. The maximum absolute atomic E-state index is 12.0. The van der Waals surface area contributed by atoms with Crippen molar-refractivity contribution in [3.05, 3.63) is 52.2 Å². The molecule has 0 bridgehead atoms. The van der Waals surface area contributed by atoms with Crippen molar-refractivity contribution in [3.63, 3.8) is 0 Å². The molecule has 2 heterocycles. The van der Waals surface area contributed by atoms with Crippen LogP contribution in [0.5, 0.6) is 0 Å². The summed E-state index contributed by atoms with van der Waals surface area (Å²) >= 11 is 3.18.